The molecule has 3 rings (SSSR count). The SMILES string of the molecule is O=c1c2c([nH]n1C1CCCCCC1)CCOC2. The average Bonchev–Trinajstić information content (AvgIpc) is 2.57. The number of hydrogen-bond donors (Lipinski definition) is 1. The van der Waals surface area contributed by atoms with Gasteiger partial charge in [-0.25, -0.2) is 4.68 Å². The highest BCUT2D eigenvalue weighted by Gasteiger charge is 2.22. The molecular weight excluding hydrogens is 216 g/mol. The van der Waals surface area contributed by atoms with Gasteiger partial charge < -0.3 is 4.74 Å². The predicted octanol–water partition coefficient (Wildman–Crippen LogP) is 2.14. The predicted molar refractivity (Wildman–Crippen MR) is 65.2 cm³/mol. The summed E-state index contributed by atoms with van der Waals surface area (Å²) >= 11 is 0. The molecule has 0 atom stereocenters. The maximum Gasteiger partial charge on any atom is 0.272 e. The summed E-state index contributed by atoms with van der Waals surface area (Å²) < 4.78 is 7.25. The molecular formula is C13H20N2O2. The number of rotatable bonds is 1. The molecule has 1 aliphatic carbocycles. The summed E-state index contributed by atoms with van der Waals surface area (Å²) in [6.07, 6.45) is 8.25. The van der Waals surface area contributed by atoms with Crippen LogP contribution in [0.3, 0.4) is 0 Å². The maximum absolute atomic E-state index is 12.3. The van der Waals surface area contributed by atoms with E-state index in [1.165, 1.54) is 25.7 Å². The first-order valence-corrected chi connectivity index (χ1v) is 6.76. The van der Waals surface area contributed by atoms with Crippen molar-refractivity contribution in [2.75, 3.05) is 6.61 Å². The number of H-pyrrole nitrogens is 1. The zero-order chi connectivity index (χ0) is 11.7. The molecule has 17 heavy (non-hydrogen) atoms. The van der Waals surface area contributed by atoms with Crippen molar-refractivity contribution in [2.45, 2.75) is 57.6 Å². The van der Waals surface area contributed by atoms with Gasteiger partial charge >= 0.3 is 0 Å². The van der Waals surface area contributed by atoms with Crippen LogP contribution in [-0.2, 0) is 17.8 Å². The summed E-state index contributed by atoms with van der Waals surface area (Å²) in [5.41, 5.74) is 2.12. The Hall–Kier alpha value is -1.03. The minimum atomic E-state index is 0.159. The van der Waals surface area contributed by atoms with Gasteiger partial charge in [-0.15, -0.1) is 0 Å². The molecule has 0 saturated heterocycles. The Balaban J connectivity index is 1.91. The van der Waals surface area contributed by atoms with Crippen LogP contribution in [0, 0.1) is 0 Å². The normalized spacial score (nSPS) is 22.1. The number of ether oxygens (including phenoxy) is 1. The van der Waals surface area contributed by atoms with Gasteiger partial charge in [0.25, 0.3) is 5.56 Å². The number of aromatic nitrogens is 2. The van der Waals surface area contributed by atoms with Gasteiger partial charge in [-0.05, 0) is 12.8 Å². The minimum Gasteiger partial charge on any atom is -0.376 e. The first-order chi connectivity index (χ1) is 8.36. The molecule has 1 saturated carbocycles. The van der Waals surface area contributed by atoms with Gasteiger partial charge in [0.1, 0.15) is 0 Å². The van der Waals surface area contributed by atoms with Crippen molar-refractivity contribution in [2.24, 2.45) is 0 Å². The number of hydrogen-bond acceptors (Lipinski definition) is 2. The molecule has 2 aliphatic rings. The van der Waals surface area contributed by atoms with Crippen molar-refractivity contribution in [3.05, 3.63) is 21.6 Å². The van der Waals surface area contributed by atoms with E-state index >= 15 is 0 Å². The fourth-order valence-corrected chi connectivity index (χ4v) is 3.02. The average molecular weight is 236 g/mol. The van der Waals surface area contributed by atoms with E-state index in [2.05, 4.69) is 5.10 Å². The van der Waals surface area contributed by atoms with Crippen LogP contribution in [0.5, 0.6) is 0 Å². The molecule has 1 aliphatic heterocycles. The molecule has 1 aromatic heterocycles. The highest BCUT2D eigenvalue weighted by molar-refractivity contribution is 5.18. The fourth-order valence-electron chi connectivity index (χ4n) is 3.02. The van der Waals surface area contributed by atoms with Gasteiger partial charge in [0.2, 0.25) is 0 Å². The largest absolute Gasteiger partial charge is 0.376 e. The zero-order valence-corrected chi connectivity index (χ0v) is 10.2. The Morgan fingerprint density at radius 3 is 2.65 bits per heavy atom. The monoisotopic (exact) mass is 236 g/mol. The van der Waals surface area contributed by atoms with Gasteiger partial charge in [0, 0.05) is 12.1 Å². The quantitative estimate of drug-likeness (QED) is 0.759. The lowest BCUT2D eigenvalue weighted by molar-refractivity contribution is 0.109. The third-order valence-electron chi connectivity index (χ3n) is 4.03. The molecule has 0 amide bonds. The van der Waals surface area contributed by atoms with Crippen LogP contribution in [0.4, 0.5) is 0 Å². The van der Waals surface area contributed by atoms with Crippen molar-refractivity contribution >= 4 is 0 Å². The van der Waals surface area contributed by atoms with Crippen LogP contribution in [0.15, 0.2) is 4.79 Å². The summed E-state index contributed by atoms with van der Waals surface area (Å²) in [5, 5.41) is 3.32. The van der Waals surface area contributed by atoms with Crippen LogP contribution in [0.1, 0.15) is 55.8 Å². The lowest BCUT2D eigenvalue weighted by Gasteiger charge is -2.14. The number of nitrogens with zero attached hydrogens (tertiary/aromatic N) is 1. The molecule has 0 radical (unpaired) electrons. The second kappa shape index (κ2) is 4.69. The summed E-state index contributed by atoms with van der Waals surface area (Å²) in [6, 6.07) is 0.385. The van der Waals surface area contributed by atoms with Crippen LogP contribution in [0.25, 0.3) is 0 Å². The summed E-state index contributed by atoms with van der Waals surface area (Å²) in [7, 11) is 0. The fraction of sp³-hybridized carbons (Fsp3) is 0.769. The Morgan fingerprint density at radius 2 is 1.94 bits per heavy atom. The highest BCUT2D eigenvalue weighted by Crippen LogP contribution is 2.26. The van der Waals surface area contributed by atoms with E-state index < -0.39 is 0 Å². The van der Waals surface area contributed by atoms with E-state index in [0.29, 0.717) is 12.6 Å². The first-order valence-electron chi connectivity index (χ1n) is 6.76. The van der Waals surface area contributed by atoms with Crippen molar-refractivity contribution in [1.82, 2.24) is 9.78 Å². The second-order valence-corrected chi connectivity index (χ2v) is 5.19. The lowest BCUT2D eigenvalue weighted by atomic mass is 10.1. The zero-order valence-electron chi connectivity index (χ0n) is 10.2. The van der Waals surface area contributed by atoms with E-state index in [-0.39, 0.29) is 5.56 Å². The molecule has 1 aromatic rings. The van der Waals surface area contributed by atoms with E-state index in [1.807, 2.05) is 4.68 Å². The Morgan fingerprint density at radius 1 is 1.18 bits per heavy atom. The van der Waals surface area contributed by atoms with Crippen LogP contribution >= 0.6 is 0 Å². The minimum absolute atomic E-state index is 0.159. The van der Waals surface area contributed by atoms with Crippen molar-refractivity contribution in [3.8, 4) is 0 Å². The third kappa shape index (κ3) is 2.06. The summed E-state index contributed by atoms with van der Waals surface area (Å²) in [6.45, 7) is 1.22. The van der Waals surface area contributed by atoms with E-state index in [0.717, 1.165) is 37.1 Å². The molecule has 0 aromatic carbocycles. The third-order valence-corrected chi connectivity index (χ3v) is 4.03. The van der Waals surface area contributed by atoms with Gasteiger partial charge in [0.15, 0.2) is 0 Å². The van der Waals surface area contributed by atoms with Crippen molar-refractivity contribution < 1.29 is 4.74 Å². The second-order valence-electron chi connectivity index (χ2n) is 5.19. The molecule has 0 bridgehead atoms. The smallest absolute Gasteiger partial charge is 0.272 e. The molecule has 4 heteroatoms. The Labute approximate surface area is 101 Å². The topological polar surface area (TPSA) is 47.0 Å². The molecule has 4 nitrogen and oxygen atoms in total. The first kappa shape index (κ1) is 11.1. The summed E-state index contributed by atoms with van der Waals surface area (Å²) in [5.74, 6) is 0. The van der Waals surface area contributed by atoms with Crippen molar-refractivity contribution in [3.63, 3.8) is 0 Å². The van der Waals surface area contributed by atoms with E-state index in [9.17, 15) is 4.79 Å². The van der Waals surface area contributed by atoms with Gasteiger partial charge in [-0.3, -0.25) is 9.89 Å². The van der Waals surface area contributed by atoms with E-state index in [1.54, 1.807) is 0 Å². The van der Waals surface area contributed by atoms with Crippen LogP contribution < -0.4 is 5.56 Å². The van der Waals surface area contributed by atoms with E-state index in [4.69, 9.17) is 4.74 Å². The lowest BCUT2D eigenvalue weighted by Crippen LogP contribution is -2.24. The van der Waals surface area contributed by atoms with Crippen LogP contribution in [-0.4, -0.2) is 16.4 Å². The molecule has 2 heterocycles. The molecule has 0 unspecified atom stereocenters. The molecule has 0 spiro atoms. The standard InChI is InChI=1S/C13H20N2O2/c16-13-11-9-17-8-7-12(11)14-15(13)10-5-3-1-2-4-6-10/h10,14H,1-9H2. The van der Waals surface area contributed by atoms with Gasteiger partial charge in [-0.1, -0.05) is 25.7 Å². The Kier molecular flexibility index (Phi) is 3.05. The number of nitrogens with one attached hydrogen (secondary N) is 1. The molecule has 1 N–H and O–H groups in total. The maximum atomic E-state index is 12.3. The number of aromatic amines is 1. The molecule has 94 valence electrons. The van der Waals surface area contributed by atoms with Gasteiger partial charge in [-0.2, -0.15) is 0 Å². The summed E-state index contributed by atoms with van der Waals surface area (Å²) in [4.78, 5) is 12.3. The molecule has 1 fully saturated rings. The highest BCUT2D eigenvalue weighted by atomic mass is 16.5. The number of fused-ring (bicyclic) bond motifs is 1. The van der Waals surface area contributed by atoms with Gasteiger partial charge in [0.05, 0.1) is 24.8 Å². The Bertz CT molecular complexity index is 439. The van der Waals surface area contributed by atoms with Crippen LogP contribution in [0.2, 0.25) is 0 Å². The van der Waals surface area contributed by atoms with Crippen molar-refractivity contribution in [1.29, 1.82) is 0 Å².